The first kappa shape index (κ1) is 12.5. The largest absolute Gasteiger partial charge is 0.348 e. The summed E-state index contributed by atoms with van der Waals surface area (Å²) in [5.74, 6) is 0. The predicted molar refractivity (Wildman–Crippen MR) is 87.3 cm³/mol. The second kappa shape index (κ2) is 5.23. The Hall–Kier alpha value is -1.52. The second-order valence-corrected chi connectivity index (χ2v) is 5.59. The zero-order chi connectivity index (χ0) is 13.2. The van der Waals surface area contributed by atoms with Gasteiger partial charge in [0.2, 0.25) is 0 Å². The molecule has 1 aliphatic heterocycles. The highest BCUT2D eigenvalue weighted by molar-refractivity contribution is 9.10. The molecule has 3 rings (SSSR count). The Balaban J connectivity index is 2.21. The van der Waals surface area contributed by atoms with E-state index in [0.29, 0.717) is 6.54 Å². The molecule has 0 aliphatic carbocycles. The third kappa shape index (κ3) is 2.46. The summed E-state index contributed by atoms with van der Waals surface area (Å²) in [5.41, 5.74) is 4.14. The molecule has 0 radical (unpaired) electrons. The zero-order valence-corrected chi connectivity index (χ0v) is 12.5. The van der Waals surface area contributed by atoms with E-state index in [-0.39, 0.29) is 0 Å². The lowest BCUT2D eigenvalue weighted by Crippen LogP contribution is -2.10. The van der Waals surface area contributed by atoms with Crippen LogP contribution in [-0.4, -0.2) is 17.2 Å². The highest BCUT2D eigenvalue weighted by atomic mass is 79.9. The smallest absolute Gasteiger partial charge is 0.102 e. The van der Waals surface area contributed by atoms with Gasteiger partial charge in [-0.1, -0.05) is 64.5 Å². The van der Waals surface area contributed by atoms with Crippen molar-refractivity contribution in [2.45, 2.75) is 0 Å². The standard InChI is InChI=1S/C15H11BrN2S/c16-12-7-3-1-5-10(12)15-11-6-2-4-8-13(11)18-14(19)9-17-15/h1-8H,9H2,(H,18,19). The number of aliphatic imine (C=N–C) groups is 1. The van der Waals surface area contributed by atoms with Crippen LogP contribution in [0.4, 0.5) is 5.69 Å². The zero-order valence-electron chi connectivity index (χ0n) is 10.1. The first-order valence-electron chi connectivity index (χ1n) is 5.94. The van der Waals surface area contributed by atoms with Crippen LogP contribution in [0, 0.1) is 0 Å². The normalized spacial score (nSPS) is 14.2. The van der Waals surface area contributed by atoms with Gasteiger partial charge >= 0.3 is 0 Å². The molecular formula is C15H11BrN2S. The van der Waals surface area contributed by atoms with Crippen LogP contribution >= 0.6 is 28.1 Å². The van der Waals surface area contributed by atoms with Crippen molar-refractivity contribution >= 4 is 44.5 Å². The van der Waals surface area contributed by atoms with E-state index in [1.54, 1.807) is 0 Å². The van der Waals surface area contributed by atoms with E-state index in [2.05, 4.69) is 38.4 Å². The fourth-order valence-electron chi connectivity index (χ4n) is 2.11. The number of halogens is 1. The Morgan fingerprint density at radius 1 is 1.00 bits per heavy atom. The Morgan fingerprint density at radius 3 is 2.47 bits per heavy atom. The fourth-order valence-corrected chi connectivity index (χ4v) is 2.75. The lowest BCUT2D eigenvalue weighted by molar-refractivity contribution is 1.31. The molecule has 0 saturated carbocycles. The first-order valence-corrected chi connectivity index (χ1v) is 7.14. The molecule has 0 spiro atoms. The average molecular weight is 331 g/mol. The maximum atomic E-state index is 5.27. The molecular weight excluding hydrogens is 320 g/mol. The van der Waals surface area contributed by atoms with Gasteiger partial charge in [-0.15, -0.1) is 0 Å². The van der Waals surface area contributed by atoms with Crippen LogP contribution < -0.4 is 5.32 Å². The quantitative estimate of drug-likeness (QED) is 0.798. The number of benzene rings is 2. The molecule has 0 aromatic heterocycles. The third-order valence-electron chi connectivity index (χ3n) is 2.97. The molecule has 2 aromatic carbocycles. The fraction of sp³-hybridized carbons (Fsp3) is 0.0667. The second-order valence-electron chi connectivity index (χ2n) is 4.24. The van der Waals surface area contributed by atoms with E-state index in [1.807, 2.05) is 36.4 Å². The summed E-state index contributed by atoms with van der Waals surface area (Å²) in [7, 11) is 0. The van der Waals surface area contributed by atoms with E-state index in [1.165, 1.54) is 0 Å². The molecule has 0 unspecified atom stereocenters. The number of anilines is 1. The monoisotopic (exact) mass is 330 g/mol. The van der Waals surface area contributed by atoms with Crippen molar-refractivity contribution < 1.29 is 0 Å². The highest BCUT2D eigenvalue weighted by Gasteiger charge is 2.17. The van der Waals surface area contributed by atoms with Crippen molar-refractivity contribution in [1.29, 1.82) is 0 Å². The lowest BCUT2D eigenvalue weighted by atomic mass is 10.0. The molecule has 0 atom stereocenters. The Labute approximate surface area is 125 Å². The number of rotatable bonds is 1. The lowest BCUT2D eigenvalue weighted by Gasteiger charge is -2.11. The van der Waals surface area contributed by atoms with Gasteiger partial charge in [-0.3, -0.25) is 4.99 Å². The number of para-hydroxylation sites is 1. The molecule has 0 fully saturated rings. The van der Waals surface area contributed by atoms with Crippen LogP contribution in [0.25, 0.3) is 0 Å². The number of fused-ring (bicyclic) bond motifs is 1. The van der Waals surface area contributed by atoms with Gasteiger partial charge < -0.3 is 5.32 Å². The summed E-state index contributed by atoms with van der Waals surface area (Å²) in [6.45, 7) is 0.515. The van der Waals surface area contributed by atoms with Gasteiger partial charge in [0, 0.05) is 21.3 Å². The van der Waals surface area contributed by atoms with Crippen LogP contribution in [0.1, 0.15) is 11.1 Å². The number of nitrogens with zero attached hydrogens (tertiary/aromatic N) is 1. The molecule has 19 heavy (non-hydrogen) atoms. The van der Waals surface area contributed by atoms with Gasteiger partial charge in [-0.2, -0.15) is 0 Å². The molecule has 94 valence electrons. The summed E-state index contributed by atoms with van der Waals surface area (Å²) in [5, 5.41) is 3.24. The van der Waals surface area contributed by atoms with Gasteiger partial charge in [0.05, 0.1) is 12.3 Å². The molecule has 1 aliphatic rings. The molecule has 1 heterocycles. The predicted octanol–water partition coefficient (Wildman–Crippen LogP) is 4.04. The first-order chi connectivity index (χ1) is 9.25. The van der Waals surface area contributed by atoms with E-state index in [4.69, 9.17) is 12.2 Å². The third-order valence-corrected chi connectivity index (χ3v) is 3.89. The maximum Gasteiger partial charge on any atom is 0.102 e. The number of hydrogen-bond donors (Lipinski definition) is 1. The van der Waals surface area contributed by atoms with E-state index in [0.717, 1.165) is 32.0 Å². The summed E-state index contributed by atoms with van der Waals surface area (Å²) < 4.78 is 1.04. The Morgan fingerprint density at radius 2 is 1.68 bits per heavy atom. The molecule has 1 N–H and O–H groups in total. The van der Waals surface area contributed by atoms with Crippen molar-refractivity contribution in [1.82, 2.24) is 0 Å². The van der Waals surface area contributed by atoms with Crippen LogP contribution in [-0.2, 0) is 0 Å². The molecule has 0 amide bonds. The Kier molecular flexibility index (Phi) is 3.44. The minimum absolute atomic E-state index is 0.515. The number of hydrogen-bond acceptors (Lipinski definition) is 2. The maximum absolute atomic E-state index is 5.27. The van der Waals surface area contributed by atoms with Gasteiger partial charge in [-0.25, -0.2) is 0 Å². The molecule has 0 bridgehead atoms. The van der Waals surface area contributed by atoms with Crippen molar-refractivity contribution in [3.05, 3.63) is 64.1 Å². The summed E-state index contributed by atoms with van der Waals surface area (Å²) in [6.07, 6.45) is 0. The van der Waals surface area contributed by atoms with E-state index in [9.17, 15) is 0 Å². The van der Waals surface area contributed by atoms with Gasteiger partial charge in [0.1, 0.15) is 4.99 Å². The van der Waals surface area contributed by atoms with Crippen LogP contribution in [0.15, 0.2) is 58.0 Å². The van der Waals surface area contributed by atoms with Crippen molar-refractivity contribution in [3.8, 4) is 0 Å². The molecule has 2 nitrogen and oxygen atoms in total. The minimum atomic E-state index is 0.515. The van der Waals surface area contributed by atoms with Crippen LogP contribution in [0.2, 0.25) is 0 Å². The van der Waals surface area contributed by atoms with E-state index >= 15 is 0 Å². The van der Waals surface area contributed by atoms with Crippen molar-refractivity contribution in [2.75, 3.05) is 11.9 Å². The summed E-state index contributed by atoms with van der Waals surface area (Å²) in [6, 6.07) is 16.2. The molecule has 0 saturated heterocycles. The Bertz CT molecular complexity index is 679. The van der Waals surface area contributed by atoms with Gasteiger partial charge in [-0.05, 0) is 12.1 Å². The SMILES string of the molecule is S=C1CN=C(c2ccccc2Br)c2ccccc2N1. The number of thiocarbonyl (C=S) groups is 1. The molecule has 2 aromatic rings. The summed E-state index contributed by atoms with van der Waals surface area (Å²) >= 11 is 8.86. The van der Waals surface area contributed by atoms with Crippen molar-refractivity contribution in [2.24, 2.45) is 4.99 Å². The molecule has 4 heteroatoms. The van der Waals surface area contributed by atoms with E-state index < -0.39 is 0 Å². The van der Waals surface area contributed by atoms with Gasteiger partial charge in [0.25, 0.3) is 0 Å². The van der Waals surface area contributed by atoms with Crippen LogP contribution in [0.5, 0.6) is 0 Å². The van der Waals surface area contributed by atoms with Crippen molar-refractivity contribution in [3.63, 3.8) is 0 Å². The average Bonchev–Trinajstić information content (AvgIpc) is 2.58. The number of benzodiazepines with no additional fused rings is 1. The number of nitrogens with one attached hydrogen (secondary N) is 1. The highest BCUT2D eigenvalue weighted by Crippen LogP contribution is 2.26. The van der Waals surface area contributed by atoms with Crippen LogP contribution in [0.3, 0.4) is 0 Å². The van der Waals surface area contributed by atoms with Gasteiger partial charge in [0.15, 0.2) is 0 Å². The summed E-state index contributed by atoms with van der Waals surface area (Å²) in [4.78, 5) is 5.40. The minimum Gasteiger partial charge on any atom is -0.348 e. The topological polar surface area (TPSA) is 24.4 Å².